The Morgan fingerprint density at radius 3 is 1.14 bits per heavy atom. The largest absolute Gasteiger partial charge is 0.354 e. The zero-order valence-corrected chi connectivity index (χ0v) is 38.8. The molecule has 0 spiro atoms. The molecule has 0 radical (unpaired) electrons. The molecule has 3 aromatic heterocycles. The van der Waals surface area contributed by atoms with Crippen molar-refractivity contribution < 1.29 is 4.79 Å². The van der Waals surface area contributed by atoms with Gasteiger partial charge in [0, 0.05) is 57.0 Å². The Bertz CT molecular complexity index is 3040. The molecule has 4 aromatic carbocycles. The normalized spacial score (nSPS) is 12.1. The molecule has 2 aliphatic heterocycles. The maximum Gasteiger partial charge on any atom is 0.185 e. The second-order valence-electron chi connectivity index (χ2n) is 17.6. The van der Waals surface area contributed by atoms with E-state index in [0.29, 0.717) is 0 Å². The van der Waals surface area contributed by atoms with Gasteiger partial charge in [-0.25, -0.2) is 9.97 Å². The molecular formula is C57H54N4OS. The van der Waals surface area contributed by atoms with Crippen LogP contribution in [0.15, 0.2) is 84.9 Å². The van der Waals surface area contributed by atoms with Crippen molar-refractivity contribution in [1.82, 2.24) is 19.9 Å². The molecule has 9 rings (SSSR count). The molecule has 63 heavy (non-hydrogen) atoms. The number of rotatable bonds is 7. The number of nitrogens with one attached hydrogen (secondary N) is 2. The van der Waals surface area contributed by atoms with Crippen LogP contribution in [0.2, 0.25) is 0 Å². The van der Waals surface area contributed by atoms with Crippen molar-refractivity contribution in [2.75, 3.05) is 5.75 Å². The molecule has 6 heteroatoms. The number of thioether (sulfide) groups is 1. The Morgan fingerprint density at radius 2 is 0.778 bits per heavy atom. The molecule has 0 saturated heterocycles. The van der Waals surface area contributed by atoms with E-state index in [0.717, 1.165) is 90.4 Å². The second-order valence-corrected chi connectivity index (χ2v) is 18.9. The molecule has 0 aliphatic carbocycles. The molecule has 0 fully saturated rings. The van der Waals surface area contributed by atoms with Gasteiger partial charge in [-0.3, -0.25) is 4.79 Å². The first kappa shape index (κ1) is 41.8. The highest BCUT2D eigenvalue weighted by atomic mass is 32.2. The van der Waals surface area contributed by atoms with E-state index in [1.165, 1.54) is 78.5 Å². The summed E-state index contributed by atoms with van der Waals surface area (Å²) in [6.45, 7) is 21.4. The van der Waals surface area contributed by atoms with Crippen LogP contribution in [0.5, 0.6) is 0 Å². The fraction of sp³-hybridized carbons (Fsp3) is 0.211. The highest BCUT2D eigenvalue weighted by Gasteiger charge is 2.23. The lowest BCUT2D eigenvalue weighted by Gasteiger charge is -2.14. The van der Waals surface area contributed by atoms with Crippen LogP contribution in [-0.2, 0) is 11.2 Å². The SMILES string of the molecule is CC(=O)SCCc1ccc(-c2c3ccc([nH]3)c(-c3c(C)cc(C)cc3C)c3nc(c(-c4c(C)cc(C)cc4C)c4nc(c(-c5c(C)cc(C)cc5C)c5ccc2[nH]5)C=C4)C=C3)cc1. The average molecular weight is 843 g/mol. The minimum absolute atomic E-state index is 0.147. The molecule has 5 heterocycles. The number of carbonyl (C=O) groups is 1. The van der Waals surface area contributed by atoms with Crippen LogP contribution in [0.4, 0.5) is 0 Å². The smallest absolute Gasteiger partial charge is 0.185 e. The Kier molecular flexibility index (Phi) is 11.1. The van der Waals surface area contributed by atoms with Crippen molar-refractivity contribution in [1.29, 1.82) is 0 Å². The third-order valence-corrected chi connectivity index (χ3v) is 13.3. The van der Waals surface area contributed by atoms with Crippen LogP contribution >= 0.6 is 11.8 Å². The molecular weight excluding hydrogens is 789 g/mol. The van der Waals surface area contributed by atoms with Crippen molar-refractivity contribution in [2.45, 2.75) is 75.7 Å². The molecule has 2 aliphatic rings. The predicted octanol–water partition coefficient (Wildman–Crippen LogP) is 14.9. The summed E-state index contributed by atoms with van der Waals surface area (Å²) in [5.74, 6) is 0.760. The fourth-order valence-corrected chi connectivity index (χ4v) is 10.8. The number of nitrogens with zero attached hydrogens (tertiary/aromatic N) is 2. The number of hydrogen-bond acceptors (Lipinski definition) is 4. The monoisotopic (exact) mass is 842 g/mol. The minimum atomic E-state index is 0.147. The number of H-pyrrole nitrogens is 2. The van der Waals surface area contributed by atoms with Gasteiger partial charge in [0.1, 0.15) is 0 Å². The molecule has 0 atom stereocenters. The van der Waals surface area contributed by atoms with Gasteiger partial charge in [0.25, 0.3) is 0 Å². The van der Waals surface area contributed by atoms with E-state index in [-0.39, 0.29) is 5.12 Å². The topological polar surface area (TPSA) is 74.4 Å². The molecule has 5 nitrogen and oxygen atoms in total. The van der Waals surface area contributed by atoms with Crippen LogP contribution in [0.1, 0.15) is 85.3 Å². The summed E-state index contributed by atoms with van der Waals surface area (Å²) in [5, 5.41) is 0.147. The average Bonchev–Trinajstić information content (AvgIpc) is 4.05. The van der Waals surface area contributed by atoms with E-state index < -0.39 is 0 Å². The summed E-state index contributed by atoms with van der Waals surface area (Å²) in [6.07, 6.45) is 9.56. The Hall–Kier alpha value is -6.50. The van der Waals surface area contributed by atoms with Gasteiger partial charge in [0.2, 0.25) is 0 Å². The lowest BCUT2D eigenvalue weighted by atomic mass is 9.92. The van der Waals surface area contributed by atoms with E-state index in [4.69, 9.17) is 9.97 Å². The first-order chi connectivity index (χ1) is 30.2. The van der Waals surface area contributed by atoms with Gasteiger partial charge in [0.15, 0.2) is 5.12 Å². The maximum atomic E-state index is 11.7. The van der Waals surface area contributed by atoms with Crippen molar-refractivity contribution >= 4 is 63.2 Å². The van der Waals surface area contributed by atoms with Gasteiger partial charge in [-0.1, -0.05) is 89.1 Å². The van der Waals surface area contributed by atoms with Gasteiger partial charge in [-0.05, 0) is 179 Å². The minimum Gasteiger partial charge on any atom is -0.354 e. The van der Waals surface area contributed by atoms with Gasteiger partial charge in [-0.2, -0.15) is 0 Å². The quantitative estimate of drug-likeness (QED) is 0.168. The van der Waals surface area contributed by atoms with Crippen LogP contribution in [0.25, 0.3) is 90.9 Å². The lowest BCUT2D eigenvalue weighted by molar-refractivity contribution is -0.109. The molecule has 0 amide bonds. The van der Waals surface area contributed by atoms with E-state index in [1.54, 1.807) is 6.92 Å². The first-order valence-electron chi connectivity index (χ1n) is 21.9. The third kappa shape index (κ3) is 7.93. The first-order valence-corrected chi connectivity index (χ1v) is 22.9. The van der Waals surface area contributed by atoms with Crippen molar-refractivity contribution in [3.63, 3.8) is 0 Å². The molecule has 314 valence electrons. The second kappa shape index (κ2) is 16.7. The standard InChI is InChI=1S/C57H54N4OS/c1-31-25-34(4)51(35(5)26-31)55-45-17-15-43(58-45)54(42-13-11-41(12-14-42)23-24-63-40(10)62)44-16-18-46(59-44)56(52-36(6)27-32(2)28-37(52)7)48-20-22-50(61-48)57(49-21-19-47(55)60-49)53-38(8)29-33(3)30-39(53)9/h11-22,25-30,58-59H,23-24H2,1-10H3. The number of aromatic amines is 2. The van der Waals surface area contributed by atoms with E-state index in [9.17, 15) is 4.79 Å². The zero-order chi connectivity index (χ0) is 44.3. The molecule has 7 aromatic rings. The van der Waals surface area contributed by atoms with Crippen LogP contribution < -0.4 is 0 Å². The van der Waals surface area contributed by atoms with Gasteiger partial charge >= 0.3 is 0 Å². The summed E-state index contributed by atoms with van der Waals surface area (Å²) in [5.41, 5.74) is 28.5. The van der Waals surface area contributed by atoms with E-state index >= 15 is 0 Å². The summed E-state index contributed by atoms with van der Waals surface area (Å²) in [7, 11) is 0. The molecule has 0 unspecified atom stereocenters. The third-order valence-electron chi connectivity index (χ3n) is 12.5. The van der Waals surface area contributed by atoms with Crippen LogP contribution in [-0.4, -0.2) is 30.8 Å². The zero-order valence-electron chi connectivity index (χ0n) is 38.0. The lowest BCUT2D eigenvalue weighted by Crippen LogP contribution is -1.97. The summed E-state index contributed by atoms with van der Waals surface area (Å²) in [4.78, 5) is 30.8. The van der Waals surface area contributed by atoms with Crippen LogP contribution in [0.3, 0.4) is 0 Å². The Morgan fingerprint density at radius 1 is 0.444 bits per heavy atom. The summed E-state index contributed by atoms with van der Waals surface area (Å²) < 4.78 is 0. The highest BCUT2D eigenvalue weighted by molar-refractivity contribution is 8.13. The number of aryl methyl sites for hydroxylation is 10. The van der Waals surface area contributed by atoms with Crippen molar-refractivity contribution in [2.24, 2.45) is 0 Å². The number of benzene rings is 4. The number of fused-ring (bicyclic) bond motifs is 8. The number of carbonyl (C=O) groups excluding carboxylic acids is 1. The van der Waals surface area contributed by atoms with E-state index in [1.807, 2.05) is 0 Å². The number of hydrogen-bond donors (Lipinski definition) is 2. The molecule has 2 N–H and O–H groups in total. The van der Waals surface area contributed by atoms with E-state index in [2.05, 4.69) is 182 Å². The van der Waals surface area contributed by atoms with Crippen molar-refractivity contribution in [3.05, 3.63) is 163 Å². The summed E-state index contributed by atoms with van der Waals surface area (Å²) in [6, 6.07) is 31.3. The Balaban J connectivity index is 1.45. The maximum absolute atomic E-state index is 11.7. The molecule has 8 bridgehead atoms. The summed E-state index contributed by atoms with van der Waals surface area (Å²) >= 11 is 1.37. The van der Waals surface area contributed by atoms with Crippen molar-refractivity contribution in [3.8, 4) is 44.5 Å². The van der Waals surface area contributed by atoms with Gasteiger partial charge in [0.05, 0.1) is 22.8 Å². The Labute approximate surface area is 375 Å². The van der Waals surface area contributed by atoms with Gasteiger partial charge < -0.3 is 9.97 Å². The highest BCUT2D eigenvalue weighted by Crippen LogP contribution is 2.42. The van der Waals surface area contributed by atoms with Gasteiger partial charge in [-0.15, -0.1) is 0 Å². The predicted molar refractivity (Wildman–Crippen MR) is 270 cm³/mol. The molecule has 0 saturated carbocycles. The number of aromatic nitrogens is 4. The fourth-order valence-electron chi connectivity index (χ4n) is 10.2. The van der Waals surface area contributed by atoms with Crippen LogP contribution in [0, 0.1) is 62.3 Å².